The summed E-state index contributed by atoms with van der Waals surface area (Å²) in [6.07, 6.45) is 0. The van der Waals surface area contributed by atoms with E-state index in [0.717, 1.165) is 0 Å². The van der Waals surface area contributed by atoms with Gasteiger partial charge in [-0.05, 0) is 0 Å². The van der Waals surface area contributed by atoms with Crippen LogP contribution in [-0.4, -0.2) is 110 Å². The molecule has 6 heavy (non-hydrogen) atoms. The standard InChI is InChI=1S/CHO.Cu.HI.2K/c1-2;;;;/h1H;;1H;;/q-1;+2;;;/p-1. The third-order valence-corrected chi connectivity index (χ3v) is 0. The van der Waals surface area contributed by atoms with Crippen LogP contribution in [0.5, 0.6) is 0 Å². The number of hydrogen-bond acceptors (Lipinski definition) is 1. The summed E-state index contributed by atoms with van der Waals surface area (Å²) in [6, 6.07) is 0. The molecule has 2 radical (unpaired) electrons. The third-order valence-electron chi connectivity index (χ3n) is 0. The van der Waals surface area contributed by atoms with Crippen LogP contribution in [0.25, 0.3) is 0 Å². The molecule has 0 atom stereocenters. The first kappa shape index (κ1) is 22.5. The monoisotopic (exact) mass is 297 g/mol. The Morgan fingerprint density at radius 1 is 1.17 bits per heavy atom. The van der Waals surface area contributed by atoms with Crippen LogP contribution in [0.15, 0.2) is 0 Å². The van der Waals surface area contributed by atoms with Crippen molar-refractivity contribution in [2.45, 2.75) is 0 Å². The molecule has 0 rings (SSSR count). The fourth-order valence-electron chi connectivity index (χ4n) is 0. The van der Waals surface area contributed by atoms with Crippen molar-refractivity contribution in [1.29, 1.82) is 0 Å². The minimum absolute atomic E-state index is 0. The van der Waals surface area contributed by atoms with Gasteiger partial charge in [0, 0.05) is 103 Å². The molecule has 0 saturated carbocycles. The van der Waals surface area contributed by atoms with Crippen molar-refractivity contribution in [3.05, 3.63) is 0 Å². The van der Waals surface area contributed by atoms with E-state index in [0.29, 0.717) is 0 Å². The largest absolute Gasteiger partial charge is 0 e. The molecule has 0 spiro atoms. The number of hydrogen-bond donors (Lipinski definition) is 0. The molecule has 31 valence electrons. The Labute approximate surface area is 143 Å². The molecule has 5 heteroatoms. The molecule has 0 fully saturated rings. The van der Waals surface area contributed by atoms with Crippen LogP contribution in [-0.2, 0) is 17.6 Å². The molecule has 0 bridgehead atoms. The number of halogens is 1. The zero-order valence-electron chi connectivity index (χ0n) is 3.67. The van der Waals surface area contributed by atoms with Gasteiger partial charge in [0.25, 0.3) is 0 Å². The topological polar surface area (TPSA) is 17.1 Å². The van der Waals surface area contributed by atoms with Crippen molar-refractivity contribution >= 4 is 130 Å². The van der Waals surface area contributed by atoms with E-state index in [4.69, 9.17) is 4.79 Å². The summed E-state index contributed by atoms with van der Waals surface area (Å²) in [5.74, 6) is 0. The van der Waals surface area contributed by atoms with Crippen LogP contribution in [0.2, 0.25) is 0 Å². The molecule has 0 heterocycles. The normalized spacial score (nSPS) is 1.83. The Kier molecular flexibility index (Phi) is 131. The molecular weight excluding hydrogens is 297 g/mol. The predicted molar refractivity (Wildman–Crippen MR) is 32.3 cm³/mol. The molecule has 0 N–H and O–H groups in total. The molecule has 0 amide bonds. The summed E-state index contributed by atoms with van der Waals surface area (Å²) in [5, 5.41) is 0. The first-order valence-electron chi connectivity index (χ1n) is 0.350. The predicted octanol–water partition coefficient (Wildman–Crippen LogP) is -0.153. The minimum Gasteiger partial charge on any atom is 0 e. The average Bonchev–Trinajstić information content (AvgIpc) is 1.50. The van der Waals surface area contributed by atoms with Gasteiger partial charge in [-0.2, -0.15) is 0 Å². The summed E-state index contributed by atoms with van der Waals surface area (Å²) in [5.41, 5.74) is 0. The summed E-state index contributed by atoms with van der Waals surface area (Å²) >= 11 is 5.87. The molecule has 0 aliphatic carbocycles. The maximum atomic E-state index is 7.75. The van der Waals surface area contributed by atoms with Gasteiger partial charge in [0.05, 0.1) is 0 Å². The SMILES string of the molecule is [CH-]=O.[Cu+][I].[K].[K]. The fourth-order valence-corrected chi connectivity index (χ4v) is 0. The van der Waals surface area contributed by atoms with Gasteiger partial charge in [0.15, 0.2) is 0 Å². The smallest absolute Gasteiger partial charge is 0 e. The van der Waals surface area contributed by atoms with E-state index in [1.165, 1.54) is 0 Å². The average molecular weight is 298 g/mol. The van der Waals surface area contributed by atoms with Crippen LogP contribution >= 0.6 is 20.3 Å². The van der Waals surface area contributed by atoms with Gasteiger partial charge in [-0.1, -0.05) is 0 Å². The Hall–Kier alpha value is 4.19. The second-order valence-corrected chi connectivity index (χ2v) is 0. The van der Waals surface area contributed by atoms with Gasteiger partial charge >= 0.3 is 33.1 Å². The Morgan fingerprint density at radius 2 is 1.17 bits per heavy atom. The Morgan fingerprint density at radius 3 is 1.17 bits per heavy atom. The molecular formula is CHCuIK2O. The first-order valence-corrected chi connectivity index (χ1v) is 3.39. The molecule has 0 saturated heterocycles. The van der Waals surface area contributed by atoms with E-state index in [-0.39, 0.29) is 103 Å². The molecule has 1 nitrogen and oxygen atoms in total. The summed E-state index contributed by atoms with van der Waals surface area (Å²) in [6.45, 7) is 3.25. The van der Waals surface area contributed by atoms with Crippen molar-refractivity contribution in [3.63, 3.8) is 0 Å². The van der Waals surface area contributed by atoms with Gasteiger partial charge in [-0.25, -0.2) is 0 Å². The first-order chi connectivity index (χ1) is 2.00. The van der Waals surface area contributed by atoms with E-state index < -0.39 is 0 Å². The third kappa shape index (κ3) is 24.1. The maximum Gasteiger partial charge on any atom is 0 e. The van der Waals surface area contributed by atoms with Crippen LogP contribution < -0.4 is 0 Å². The molecule has 0 aromatic carbocycles. The van der Waals surface area contributed by atoms with E-state index in [1.807, 2.05) is 0 Å². The molecule has 0 aromatic rings. The van der Waals surface area contributed by atoms with E-state index in [2.05, 4.69) is 19.6 Å². The maximum absolute atomic E-state index is 7.75. The van der Waals surface area contributed by atoms with Gasteiger partial charge < -0.3 is 4.79 Å². The van der Waals surface area contributed by atoms with Gasteiger partial charge in [0.1, 0.15) is 0 Å². The second kappa shape index (κ2) is 35.1. The summed E-state index contributed by atoms with van der Waals surface area (Å²) in [7, 11) is 0. The van der Waals surface area contributed by atoms with Gasteiger partial charge in [0.2, 0.25) is 0 Å². The molecule has 0 aromatic heterocycles. The molecule has 0 aliphatic heterocycles. The summed E-state index contributed by atoms with van der Waals surface area (Å²) < 4.78 is 0. The van der Waals surface area contributed by atoms with Gasteiger partial charge in [-0.15, -0.1) is 0 Å². The van der Waals surface area contributed by atoms with E-state index >= 15 is 0 Å². The Balaban J connectivity index is -0.00000000500. The fraction of sp³-hybridized carbons (Fsp3) is 0. The van der Waals surface area contributed by atoms with Crippen molar-refractivity contribution in [2.75, 3.05) is 0 Å². The van der Waals surface area contributed by atoms with Crippen LogP contribution in [0.3, 0.4) is 0 Å². The summed E-state index contributed by atoms with van der Waals surface area (Å²) in [4.78, 5) is 7.75. The van der Waals surface area contributed by atoms with Crippen LogP contribution in [0, 0.1) is 0 Å². The quantitative estimate of drug-likeness (QED) is 0.263. The van der Waals surface area contributed by atoms with Gasteiger partial charge in [-0.3, -0.25) is 6.79 Å². The van der Waals surface area contributed by atoms with E-state index in [9.17, 15) is 0 Å². The van der Waals surface area contributed by atoms with Crippen LogP contribution in [0.4, 0.5) is 0 Å². The Bertz CT molecular complexity index is 13.5. The number of carbonyl (C=O) groups excluding carboxylic acids is 1. The molecule has 0 aliphatic rings. The zero-order valence-corrected chi connectivity index (χ0v) is 13.0. The van der Waals surface area contributed by atoms with E-state index in [1.54, 1.807) is 20.3 Å². The van der Waals surface area contributed by atoms with Crippen LogP contribution in [0.1, 0.15) is 0 Å². The zero-order chi connectivity index (χ0) is 4.00. The number of rotatable bonds is 0. The van der Waals surface area contributed by atoms with Crippen molar-refractivity contribution in [3.8, 4) is 0 Å². The van der Waals surface area contributed by atoms with Crippen molar-refractivity contribution in [2.24, 2.45) is 0 Å². The second-order valence-electron chi connectivity index (χ2n) is 0. The van der Waals surface area contributed by atoms with Crippen molar-refractivity contribution in [1.82, 2.24) is 0 Å². The molecule has 0 unspecified atom stereocenters. The van der Waals surface area contributed by atoms with Crippen molar-refractivity contribution < 1.29 is 17.6 Å². The minimum atomic E-state index is 0.